The highest BCUT2D eigenvalue weighted by Crippen LogP contribution is 2.01. The molecule has 0 aromatic heterocycles. The van der Waals surface area contributed by atoms with Gasteiger partial charge in [-0.25, -0.2) is 9.59 Å². The maximum absolute atomic E-state index is 11.2. The molecular weight excluding hydrogens is 184 g/mol. The monoisotopic (exact) mass is 202 g/mol. The van der Waals surface area contributed by atoms with E-state index < -0.39 is 17.5 Å². The molecule has 0 bridgehead atoms. The molecule has 0 aliphatic rings. The minimum atomic E-state index is -1.24. The lowest BCUT2D eigenvalue weighted by Crippen LogP contribution is -2.54. The molecule has 0 rings (SSSR count). The van der Waals surface area contributed by atoms with Gasteiger partial charge in [-0.05, 0) is 27.2 Å². The van der Waals surface area contributed by atoms with Gasteiger partial charge in [0.05, 0.1) is 0 Å². The first kappa shape index (κ1) is 12.7. The first-order valence-electron chi connectivity index (χ1n) is 4.61. The molecule has 0 aromatic carbocycles. The number of carboxylic acids is 1. The smallest absolute Gasteiger partial charge is 0.328 e. The fourth-order valence-corrected chi connectivity index (χ4v) is 0.699. The molecule has 0 saturated carbocycles. The number of urea groups is 1. The summed E-state index contributed by atoms with van der Waals surface area (Å²) in [6.07, 6.45) is 0.806. The average molecular weight is 202 g/mol. The van der Waals surface area contributed by atoms with Gasteiger partial charge in [-0.15, -0.1) is 0 Å². The Morgan fingerprint density at radius 2 is 1.93 bits per heavy atom. The zero-order valence-corrected chi connectivity index (χ0v) is 9.05. The van der Waals surface area contributed by atoms with E-state index in [0.29, 0.717) is 0 Å². The summed E-state index contributed by atoms with van der Waals surface area (Å²) >= 11 is 0. The highest BCUT2D eigenvalue weighted by Gasteiger charge is 2.28. The van der Waals surface area contributed by atoms with Crippen LogP contribution in [-0.2, 0) is 4.79 Å². The second-order valence-electron chi connectivity index (χ2n) is 3.84. The molecule has 0 saturated heterocycles. The summed E-state index contributed by atoms with van der Waals surface area (Å²) in [5.74, 6) is -1.06. The molecule has 0 fully saturated rings. The Morgan fingerprint density at radius 3 is 2.29 bits per heavy atom. The Morgan fingerprint density at radius 1 is 1.43 bits per heavy atom. The van der Waals surface area contributed by atoms with Crippen molar-refractivity contribution in [1.29, 1.82) is 0 Å². The molecule has 5 nitrogen and oxygen atoms in total. The normalized spacial score (nSPS) is 13.1. The number of rotatable bonds is 4. The van der Waals surface area contributed by atoms with Crippen molar-refractivity contribution in [2.24, 2.45) is 0 Å². The molecule has 1 atom stereocenters. The maximum Gasteiger partial charge on any atom is 0.328 e. The third-order valence-electron chi connectivity index (χ3n) is 1.95. The SMILES string of the molecule is CCC(C)NC(=O)NC(C)(C)C(=O)O. The highest BCUT2D eigenvalue weighted by atomic mass is 16.4. The first-order valence-corrected chi connectivity index (χ1v) is 4.61. The standard InChI is InChI=1S/C9H18N2O3/c1-5-6(2)10-8(14)11-9(3,4)7(12)13/h6H,5H2,1-4H3,(H,12,13)(H2,10,11,14). The minimum Gasteiger partial charge on any atom is -0.480 e. The predicted molar refractivity (Wildman–Crippen MR) is 53.1 cm³/mol. The van der Waals surface area contributed by atoms with E-state index in [2.05, 4.69) is 10.6 Å². The van der Waals surface area contributed by atoms with E-state index >= 15 is 0 Å². The number of hydrogen-bond acceptors (Lipinski definition) is 2. The van der Waals surface area contributed by atoms with Crippen LogP contribution < -0.4 is 10.6 Å². The number of carboxylic acid groups (broad SMARTS) is 1. The van der Waals surface area contributed by atoms with Gasteiger partial charge in [-0.1, -0.05) is 6.92 Å². The topological polar surface area (TPSA) is 78.4 Å². The molecule has 82 valence electrons. The van der Waals surface area contributed by atoms with Crippen LogP contribution in [0.5, 0.6) is 0 Å². The summed E-state index contributed by atoms with van der Waals surface area (Å²) in [4.78, 5) is 21.9. The van der Waals surface area contributed by atoms with Crippen molar-refractivity contribution in [3.8, 4) is 0 Å². The quantitative estimate of drug-likeness (QED) is 0.635. The number of amides is 2. The summed E-state index contributed by atoms with van der Waals surface area (Å²) in [7, 11) is 0. The molecule has 0 heterocycles. The van der Waals surface area contributed by atoms with Gasteiger partial charge in [0.2, 0.25) is 0 Å². The number of carbonyl (C=O) groups is 2. The molecule has 1 unspecified atom stereocenters. The van der Waals surface area contributed by atoms with Gasteiger partial charge in [-0.2, -0.15) is 0 Å². The molecule has 3 N–H and O–H groups in total. The van der Waals surface area contributed by atoms with Crippen molar-refractivity contribution in [3.05, 3.63) is 0 Å². The highest BCUT2D eigenvalue weighted by molar-refractivity contribution is 5.85. The van der Waals surface area contributed by atoms with E-state index in [-0.39, 0.29) is 6.04 Å². The van der Waals surface area contributed by atoms with Crippen LogP contribution in [0.1, 0.15) is 34.1 Å². The van der Waals surface area contributed by atoms with E-state index in [0.717, 1.165) is 6.42 Å². The van der Waals surface area contributed by atoms with Crippen LogP contribution in [0, 0.1) is 0 Å². The van der Waals surface area contributed by atoms with Crippen LogP contribution in [0.3, 0.4) is 0 Å². The van der Waals surface area contributed by atoms with E-state index in [1.807, 2.05) is 13.8 Å². The zero-order chi connectivity index (χ0) is 11.4. The maximum atomic E-state index is 11.2. The van der Waals surface area contributed by atoms with E-state index in [4.69, 9.17) is 5.11 Å². The van der Waals surface area contributed by atoms with E-state index in [9.17, 15) is 9.59 Å². The lowest BCUT2D eigenvalue weighted by Gasteiger charge is -2.22. The van der Waals surface area contributed by atoms with Crippen LogP contribution in [-0.4, -0.2) is 28.7 Å². The lowest BCUT2D eigenvalue weighted by atomic mass is 10.1. The van der Waals surface area contributed by atoms with Crippen molar-refractivity contribution in [3.63, 3.8) is 0 Å². The zero-order valence-electron chi connectivity index (χ0n) is 9.05. The molecule has 2 amide bonds. The average Bonchev–Trinajstić information content (AvgIpc) is 2.02. The Kier molecular flexibility index (Phi) is 4.40. The van der Waals surface area contributed by atoms with Gasteiger partial charge in [-0.3, -0.25) is 0 Å². The Balaban J connectivity index is 4.12. The van der Waals surface area contributed by atoms with Crippen molar-refractivity contribution < 1.29 is 14.7 Å². The second-order valence-corrected chi connectivity index (χ2v) is 3.84. The molecule has 0 aliphatic heterocycles. The summed E-state index contributed by atoms with van der Waals surface area (Å²) in [6.45, 7) is 6.66. The molecule has 0 radical (unpaired) electrons. The number of hydrogen-bond donors (Lipinski definition) is 3. The molecule has 14 heavy (non-hydrogen) atoms. The van der Waals surface area contributed by atoms with Crippen molar-refractivity contribution in [2.45, 2.75) is 45.7 Å². The molecule has 0 spiro atoms. The predicted octanol–water partition coefficient (Wildman–Crippen LogP) is 0.947. The molecule has 0 aliphatic carbocycles. The number of carbonyl (C=O) groups excluding carboxylic acids is 1. The molecule has 0 aromatic rings. The van der Waals surface area contributed by atoms with E-state index in [1.54, 1.807) is 0 Å². The Labute approximate surface area is 83.9 Å². The van der Waals surface area contributed by atoms with Crippen LogP contribution in [0.4, 0.5) is 4.79 Å². The first-order chi connectivity index (χ1) is 6.29. The van der Waals surface area contributed by atoms with Gasteiger partial charge < -0.3 is 15.7 Å². The van der Waals surface area contributed by atoms with Crippen molar-refractivity contribution in [1.82, 2.24) is 10.6 Å². The minimum absolute atomic E-state index is 0.0413. The second kappa shape index (κ2) is 4.83. The summed E-state index contributed by atoms with van der Waals surface area (Å²) in [6, 6.07) is -0.411. The third-order valence-corrected chi connectivity index (χ3v) is 1.95. The number of aliphatic carboxylic acids is 1. The van der Waals surface area contributed by atoms with Gasteiger partial charge in [0, 0.05) is 6.04 Å². The van der Waals surface area contributed by atoms with Crippen LogP contribution >= 0.6 is 0 Å². The van der Waals surface area contributed by atoms with Gasteiger partial charge in [0.15, 0.2) is 0 Å². The Hall–Kier alpha value is -1.26. The summed E-state index contributed by atoms with van der Waals surface area (Å²) in [5, 5.41) is 13.7. The van der Waals surface area contributed by atoms with Gasteiger partial charge in [0.1, 0.15) is 5.54 Å². The third kappa shape index (κ3) is 4.11. The van der Waals surface area contributed by atoms with Crippen LogP contribution in [0.15, 0.2) is 0 Å². The van der Waals surface area contributed by atoms with Gasteiger partial charge in [0.25, 0.3) is 0 Å². The largest absolute Gasteiger partial charge is 0.480 e. The van der Waals surface area contributed by atoms with Crippen LogP contribution in [0.2, 0.25) is 0 Å². The fourth-order valence-electron chi connectivity index (χ4n) is 0.699. The summed E-state index contributed by atoms with van der Waals surface area (Å²) < 4.78 is 0. The van der Waals surface area contributed by atoms with Crippen LogP contribution in [0.25, 0.3) is 0 Å². The molecular formula is C9H18N2O3. The number of nitrogens with one attached hydrogen (secondary N) is 2. The molecule has 5 heteroatoms. The fraction of sp³-hybridized carbons (Fsp3) is 0.778. The van der Waals surface area contributed by atoms with Gasteiger partial charge >= 0.3 is 12.0 Å². The van der Waals surface area contributed by atoms with Crippen molar-refractivity contribution >= 4 is 12.0 Å². The van der Waals surface area contributed by atoms with E-state index in [1.165, 1.54) is 13.8 Å². The summed E-state index contributed by atoms with van der Waals surface area (Å²) in [5.41, 5.74) is -1.24. The van der Waals surface area contributed by atoms with Crippen molar-refractivity contribution in [2.75, 3.05) is 0 Å². The Bertz CT molecular complexity index is 226. The lowest BCUT2D eigenvalue weighted by molar-refractivity contribution is -0.142.